The number of nitriles is 1. The summed E-state index contributed by atoms with van der Waals surface area (Å²) in [6.07, 6.45) is 3.28. The summed E-state index contributed by atoms with van der Waals surface area (Å²) in [6.45, 7) is 0. The Bertz CT molecular complexity index is 1770. The minimum Gasteiger partial charge on any atom is -0.360 e. The van der Waals surface area contributed by atoms with Gasteiger partial charge in [0.25, 0.3) is 17.4 Å². The van der Waals surface area contributed by atoms with Gasteiger partial charge in [-0.15, -0.1) is 0 Å². The van der Waals surface area contributed by atoms with Crippen molar-refractivity contribution < 1.29 is 9.59 Å². The topological polar surface area (TPSA) is 120 Å². The van der Waals surface area contributed by atoms with Gasteiger partial charge in [-0.25, -0.2) is 0 Å². The monoisotopic (exact) mass is 521 g/mol. The normalized spacial score (nSPS) is 11.5. The first-order valence-corrected chi connectivity index (χ1v) is 12.0. The van der Waals surface area contributed by atoms with Crippen LogP contribution in [0.3, 0.4) is 0 Å². The zero-order valence-corrected chi connectivity index (χ0v) is 20.6. The highest BCUT2D eigenvalue weighted by molar-refractivity contribution is 6.35. The summed E-state index contributed by atoms with van der Waals surface area (Å²) in [7, 11) is 0. The summed E-state index contributed by atoms with van der Waals surface area (Å²) < 4.78 is 1.48. The Kier molecular flexibility index (Phi) is 6.76. The molecule has 186 valence electrons. The number of carbonyl (C=O) groups excluding carboxylic acids is 2. The number of rotatable bonds is 6. The average Bonchev–Trinajstić information content (AvgIpc) is 3.32. The van der Waals surface area contributed by atoms with Crippen LogP contribution in [0, 0.1) is 11.3 Å². The summed E-state index contributed by atoms with van der Waals surface area (Å²) in [5.41, 5.74) is 2.53. The van der Waals surface area contributed by atoms with Crippen LogP contribution < -0.4 is 16.2 Å². The van der Waals surface area contributed by atoms with Crippen LogP contribution in [0.5, 0.6) is 0 Å². The standard InChI is InChI=1S/C29H20ClN5O3/c30-24-17-32-25-15-18(8-13-23(24)25)28(37)34-27(22-6-2-1-5-19(22)16-31)29(38)33-20-9-11-21(12-10-20)35-14-4-3-7-26(35)36/h1-15,17,27,32H,(H,33,38)(H,34,37). The van der Waals surface area contributed by atoms with Crippen LogP contribution in [0.25, 0.3) is 16.6 Å². The molecule has 2 amide bonds. The van der Waals surface area contributed by atoms with Gasteiger partial charge in [-0.2, -0.15) is 5.26 Å². The minimum absolute atomic E-state index is 0.181. The summed E-state index contributed by atoms with van der Waals surface area (Å²) >= 11 is 6.14. The fourth-order valence-corrected chi connectivity index (χ4v) is 4.36. The van der Waals surface area contributed by atoms with Gasteiger partial charge >= 0.3 is 0 Å². The summed E-state index contributed by atoms with van der Waals surface area (Å²) in [5, 5.41) is 16.5. The Morgan fingerprint density at radius 3 is 2.50 bits per heavy atom. The second-order valence-electron chi connectivity index (χ2n) is 8.45. The van der Waals surface area contributed by atoms with Crippen molar-refractivity contribution in [2.75, 3.05) is 5.32 Å². The van der Waals surface area contributed by atoms with Crippen LogP contribution in [-0.2, 0) is 4.79 Å². The lowest BCUT2D eigenvalue weighted by Crippen LogP contribution is -2.37. The number of carbonyl (C=O) groups is 2. The maximum atomic E-state index is 13.5. The number of aromatic amines is 1. The van der Waals surface area contributed by atoms with Crippen molar-refractivity contribution >= 4 is 40.0 Å². The lowest BCUT2D eigenvalue weighted by Gasteiger charge is -2.20. The smallest absolute Gasteiger partial charge is 0.255 e. The van der Waals surface area contributed by atoms with E-state index >= 15 is 0 Å². The average molecular weight is 522 g/mol. The number of hydrogen-bond acceptors (Lipinski definition) is 4. The van der Waals surface area contributed by atoms with Crippen molar-refractivity contribution in [3.05, 3.63) is 129 Å². The molecular weight excluding hydrogens is 502 g/mol. The zero-order valence-electron chi connectivity index (χ0n) is 19.8. The van der Waals surface area contributed by atoms with Gasteiger partial charge in [-0.1, -0.05) is 41.9 Å². The number of nitrogens with zero attached hydrogens (tertiary/aromatic N) is 2. The van der Waals surface area contributed by atoms with Gasteiger partial charge in [0, 0.05) is 51.9 Å². The predicted molar refractivity (Wildman–Crippen MR) is 145 cm³/mol. The summed E-state index contributed by atoms with van der Waals surface area (Å²) in [5.74, 6) is -1.03. The van der Waals surface area contributed by atoms with Crippen LogP contribution in [0.15, 0.2) is 102 Å². The molecular formula is C29H20ClN5O3. The third-order valence-corrected chi connectivity index (χ3v) is 6.37. The van der Waals surface area contributed by atoms with Crippen molar-refractivity contribution in [3.63, 3.8) is 0 Å². The Labute approximate surface area is 222 Å². The highest BCUT2D eigenvalue weighted by Gasteiger charge is 2.26. The molecule has 3 N–H and O–H groups in total. The molecule has 2 heterocycles. The molecule has 0 spiro atoms. The molecule has 0 saturated carbocycles. The van der Waals surface area contributed by atoms with Crippen LogP contribution in [0.1, 0.15) is 27.5 Å². The maximum Gasteiger partial charge on any atom is 0.255 e. The number of fused-ring (bicyclic) bond motifs is 1. The van der Waals surface area contributed by atoms with Gasteiger partial charge in [0.05, 0.1) is 16.7 Å². The molecule has 0 aliphatic carbocycles. The lowest BCUT2D eigenvalue weighted by molar-refractivity contribution is -0.118. The Hall–Kier alpha value is -5.13. The minimum atomic E-state index is -1.15. The maximum absolute atomic E-state index is 13.5. The highest BCUT2D eigenvalue weighted by Crippen LogP contribution is 2.25. The molecule has 3 aromatic carbocycles. The van der Waals surface area contributed by atoms with Crippen molar-refractivity contribution in [2.24, 2.45) is 0 Å². The molecule has 1 atom stereocenters. The molecule has 5 rings (SSSR count). The molecule has 2 aromatic heterocycles. The fraction of sp³-hybridized carbons (Fsp3) is 0.0345. The quantitative estimate of drug-likeness (QED) is 0.292. The van der Waals surface area contributed by atoms with E-state index in [4.69, 9.17) is 11.6 Å². The Balaban J connectivity index is 1.42. The molecule has 0 fully saturated rings. The van der Waals surface area contributed by atoms with Crippen LogP contribution in [-0.4, -0.2) is 21.4 Å². The third kappa shape index (κ3) is 4.91. The van der Waals surface area contributed by atoms with Gasteiger partial charge in [0.1, 0.15) is 6.04 Å². The largest absolute Gasteiger partial charge is 0.360 e. The molecule has 38 heavy (non-hydrogen) atoms. The molecule has 5 aromatic rings. The Morgan fingerprint density at radius 1 is 0.974 bits per heavy atom. The van der Waals surface area contributed by atoms with E-state index in [0.29, 0.717) is 33.0 Å². The SMILES string of the molecule is N#Cc1ccccc1C(NC(=O)c1ccc2c(Cl)c[nH]c2c1)C(=O)Nc1ccc(-n2ccccc2=O)cc1. The number of anilines is 1. The van der Waals surface area contributed by atoms with E-state index in [1.165, 1.54) is 10.6 Å². The van der Waals surface area contributed by atoms with Gasteiger partial charge < -0.3 is 15.6 Å². The predicted octanol–water partition coefficient (Wildman–Crippen LogP) is 4.95. The molecule has 9 heteroatoms. The Morgan fingerprint density at radius 2 is 1.74 bits per heavy atom. The number of nitrogens with one attached hydrogen (secondary N) is 3. The van der Waals surface area contributed by atoms with E-state index in [1.54, 1.807) is 91.3 Å². The lowest BCUT2D eigenvalue weighted by atomic mass is 9.99. The van der Waals surface area contributed by atoms with Crippen molar-refractivity contribution in [2.45, 2.75) is 6.04 Å². The molecule has 0 bridgehead atoms. The first kappa shape index (κ1) is 24.6. The van der Waals surface area contributed by atoms with Crippen molar-refractivity contribution in [1.82, 2.24) is 14.9 Å². The number of aromatic nitrogens is 2. The third-order valence-electron chi connectivity index (χ3n) is 6.06. The van der Waals surface area contributed by atoms with E-state index in [1.807, 2.05) is 0 Å². The second-order valence-corrected chi connectivity index (χ2v) is 8.85. The van der Waals surface area contributed by atoms with Crippen LogP contribution >= 0.6 is 11.6 Å². The first-order chi connectivity index (χ1) is 18.4. The van der Waals surface area contributed by atoms with Gasteiger partial charge in [-0.05, 0) is 48.5 Å². The van der Waals surface area contributed by atoms with E-state index in [-0.39, 0.29) is 11.1 Å². The number of H-pyrrole nitrogens is 1. The first-order valence-electron chi connectivity index (χ1n) is 11.6. The van der Waals surface area contributed by atoms with Crippen molar-refractivity contribution in [1.29, 1.82) is 5.26 Å². The number of amides is 2. The molecule has 0 radical (unpaired) electrons. The van der Waals surface area contributed by atoms with Crippen LogP contribution in [0.2, 0.25) is 5.02 Å². The van der Waals surface area contributed by atoms with Gasteiger partial charge in [0.15, 0.2) is 0 Å². The van der Waals surface area contributed by atoms with Crippen LogP contribution in [0.4, 0.5) is 5.69 Å². The number of hydrogen-bond donors (Lipinski definition) is 3. The number of benzene rings is 3. The highest BCUT2D eigenvalue weighted by atomic mass is 35.5. The summed E-state index contributed by atoms with van der Waals surface area (Å²) in [4.78, 5) is 41.8. The molecule has 8 nitrogen and oxygen atoms in total. The fourth-order valence-electron chi connectivity index (χ4n) is 4.14. The summed E-state index contributed by atoms with van der Waals surface area (Å²) in [6, 6.07) is 24.1. The molecule has 0 aliphatic rings. The zero-order chi connectivity index (χ0) is 26.6. The van der Waals surface area contributed by atoms with Crippen molar-refractivity contribution in [3.8, 4) is 11.8 Å². The van der Waals surface area contributed by atoms with E-state index in [0.717, 1.165) is 5.39 Å². The van der Waals surface area contributed by atoms with E-state index in [2.05, 4.69) is 21.7 Å². The number of pyridine rings is 1. The van der Waals surface area contributed by atoms with Gasteiger partial charge in [-0.3, -0.25) is 19.0 Å². The number of halogens is 1. The molecule has 1 unspecified atom stereocenters. The molecule has 0 saturated heterocycles. The second kappa shape index (κ2) is 10.5. The van der Waals surface area contributed by atoms with E-state index in [9.17, 15) is 19.6 Å². The van der Waals surface area contributed by atoms with E-state index < -0.39 is 17.9 Å². The molecule has 0 aliphatic heterocycles. The van der Waals surface area contributed by atoms with Gasteiger partial charge in [0.2, 0.25) is 0 Å².